The molecule has 3 nitrogen and oxygen atoms in total. The van der Waals surface area contributed by atoms with Gasteiger partial charge < -0.3 is 0 Å². The fraction of sp³-hybridized carbons (Fsp3) is 0.0526. The van der Waals surface area contributed by atoms with Crippen molar-refractivity contribution in [3.05, 3.63) is 77.3 Å². The smallest absolute Gasteiger partial charge is 0.233 e. The Hall–Kier alpha value is -2.30. The van der Waals surface area contributed by atoms with Gasteiger partial charge >= 0.3 is 0 Å². The second kappa shape index (κ2) is 5.36. The predicted molar refractivity (Wildman–Crippen MR) is 98.2 cm³/mol. The number of rotatable bonds is 2. The van der Waals surface area contributed by atoms with Gasteiger partial charge in [0, 0.05) is 15.8 Å². The maximum atomic E-state index is 13.3. The molecule has 0 aliphatic heterocycles. The number of para-hydroxylation sites is 1. The lowest BCUT2D eigenvalue weighted by molar-refractivity contribution is 0.590. The average Bonchev–Trinajstić information content (AvgIpc) is 2.89. The first kappa shape index (κ1) is 15.2. The van der Waals surface area contributed by atoms with Crippen LogP contribution in [0.2, 0.25) is 5.02 Å². The molecule has 0 saturated carbocycles. The van der Waals surface area contributed by atoms with Crippen molar-refractivity contribution in [3.63, 3.8) is 0 Å². The van der Waals surface area contributed by atoms with E-state index in [1.807, 2.05) is 37.3 Å². The van der Waals surface area contributed by atoms with E-state index in [2.05, 4.69) is 0 Å². The molecule has 1 heterocycles. The minimum atomic E-state index is -3.72. The first-order chi connectivity index (χ1) is 11.5. The van der Waals surface area contributed by atoms with Crippen LogP contribution in [0.1, 0.15) is 5.56 Å². The Kier molecular flexibility index (Phi) is 3.41. The zero-order chi connectivity index (χ0) is 16.9. The maximum Gasteiger partial charge on any atom is 0.268 e. The summed E-state index contributed by atoms with van der Waals surface area (Å²) in [6.45, 7) is 1.93. The van der Waals surface area contributed by atoms with Crippen molar-refractivity contribution in [2.24, 2.45) is 0 Å². The Morgan fingerprint density at radius 3 is 2.25 bits per heavy atom. The lowest BCUT2D eigenvalue weighted by atomic mass is 10.2. The van der Waals surface area contributed by atoms with Gasteiger partial charge in [0.25, 0.3) is 10.0 Å². The second-order valence-corrected chi connectivity index (χ2v) is 7.98. The summed E-state index contributed by atoms with van der Waals surface area (Å²) in [5.74, 6) is 0. The van der Waals surface area contributed by atoms with Crippen LogP contribution in [-0.4, -0.2) is 12.4 Å². The zero-order valence-electron chi connectivity index (χ0n) is 12.9. The van der Waals surface area contributed by atoms with E-state index in [1.54, 1.807) is 36.4 Å². The standard InChI is InChI=1S/C19H14ClNO2S/c1-13-6-9-15(10-7-13)24(22,23)21-18-5-3-2-4-16(18)17-11-8-14(20)12-19(17)21/h2-12H,1H3. The highest BCUT2D eigenvalue weighted by molar-refractivity contribution is 7.90. The summed E-state index contributed by atoms with van der Waals surface area (Å²) in [4.78, 5) is 0.260. The van der Waals surface area contributed by atoms with Crippen LogP contribution in [0, 0.1) is 6.92 Å². The number of halogens is 1. The SMILES string of the molecule is Cc1ccc(S(=O)(=O)n2c3ccccc3c3ccc(Cl)cc32)cc1. The van der Waals surface area contributed by atoms with Gasteiger partial charge in [0.05, 0.1) is 15.9 Å². The van der Waals surface area contributed by atoms with Crippen LogP contribution in [0.15, 0.2) is 71.6 Å². The average molecular weight is 356 g/mol. The maximum absolute atomic E-state index is 13.3. The summed E-state index contributed by atoms with van der Waals surface area (Å²) in [7, 11) is -3.72. The summed E-state index contributed by atoms with van der Waals surface area (Å²) < 4.78 is 27.9. The van der Waals surface area contributed by atoms with Gasteiger partial charge in [-0.25, -0.2) is 12.4 Å². The van der Waals surface area contributed by atoms with Crippen molar-refractivity contribution in [1.82, 2.24) is 3.97 Å². The van der Waals surface area contributed by atoms with Crippen molar-refractivity contribution in [3.8, 4) is 0 Å². The summed E-state index contributed by atoms with van der Waals surface area (Å²) in [6.07, 6.45) is 0. The van der Waals surface area contributed by atoms with E-state index in [0.717, 1.165) is 16.3 Å². The molecule has 4 aromatic rings. The van der Waals surface area contributed by atoms with Crippen LogP contribution >= 0.6 is 11.6 Å². The Labute approximate surface area is 145 Å². The molecule has 4 rings (SSSR count). The molecule has 0 aliphatic carbocycles. The number of aromatic nitrogens is 1. The largest absolute Gasteiger partial charge is 0.268 e. The molecule has 0 aliphatic rings. The highest BCUT2D eigenvalue weighted by Gasteiger charge is 2.23. The molecule has 3 aromatic carbocycles. The molecule has 5 heteroatoms. The Bertz CT molecular complexity index is 1180. The van der Waals surface area contributed by atoms with Crippen LogP contribution in [0.3, 0.4) is 0 Å². The van der Waals surface area contributed by atoms with E-state index in [4.69, 9.17) is 11.6 Å². The third-order valence-corrected chi connectivity index (χ3v) is 6.13. The van der Waals surface area contributed by atoms with Crippen molar-refractivity contribution < 1.29 is 8.42 Å². The molecular weight excluding hydrogens is 342 g/mol. The number of hydrogen-bond donors (Lipinski definition) is 0. The molecule has 0 radical (unpaired) electrons. The third kappa shape index (κ3) is 2.22. The summed E-state index contributed by atoms with van der Waals surface area (Å²) in [5.41, 5.74) is 2.25. The zero-order valence-corrected chi connectivity index (χ0v) is 14.5. The normalized spacial score (nSPS) is 12.1. The molecule has 0 bridgehead atoms. The van der Waals surface area contributed by atoms with E-state index in [9.17, 15) is 8.42 Å². The van der Waals surface area contributed by atoms with Crippen LogP contribution in [0.25, 0.3) is 21.8 Å². The van der Waals surface area contributed by atoms with Crippen molar-refractivity contribution in [2.75, 3.05) is 0 Å². The first-order valence-corrected chi connectivity index (χ1v) is 9.31. The van der Waals surface area contributed by atoms with Gasteiger partial charge in [-0.2, -0.15) is 0 Å². The van der Waals surface area contributed by atoms with Crippen LogP contribution in [0.5, 0.6) is 0 Å². The molecule has 0 unspecified atom stereocenters. The molecule has 0 spiro atoms. The van der Waals surface area contributed by atoms with Gasteiger partial charge in [-0.05, 0) is 37.3 Å². The molecule has 0 saturated heterocycles. The molecule has 0 fully saturated rings. The van der Waals surface area contributed by atoms with Crippen LogP contribution in [-0.2, 0) is 10.0 Å². The van der Waals surface area contributed by atoms with Crippen LogP contribution < -0.4 is 0 Å². The number of hydrogen-bond acceptors (Lipinski definition) is 2. The van der Waals surface area contributed by atoms with Gasteiger partial charge in [0.1, 0.15) is 0 Å². The second-order valence-electron chi connectivity index (χ2n) is 5.76. The van der Waals surface area contributed by atoms with Crippen molar-refractivity contribution in [1.29, 1.82) is 0 Å². The Morgan fingerprint density at radius 2 is 1.50 bits per heavy atom. The predicted octanol–water partition coefficient (Wildman–Crippen LogP) is 4.99. The topological polar surface area (TPSA) is 39.1 Å². The summed E-state index contributed by atoms with van der Waals surface area (Å²) in [6, 6.07) is 19.7. The van der Waals surface area contributed by atoms with E-state index in [1.165, 1.54) is 3.97 Å². The Balaban J connectivity index is 2.14. The lowest BCUT2D eigenvalue weighted by Gasteiger charge is -2.09. The van der Waals surface area contributed by atoms with E-state index >= 15 is 0 Å². The number of benzene rings is 3. The minimum absolute atomic E-state index is 0.260. The number of fused-ring (bicyclic) bond motifs is 3. The molecule has 0 atom stereocenters. The quantitative estimate of drug-likeness (QED) is 0.508. The fourth-order valence-corrected chi connectivity index (χ4v) is 4.67. The fourth-order valence-electron chi connectivity index (χ4n) is 2.98. The summed E-state index contributed by atoms with van der Waals surface area (Å²) in [5, 5.41) is 2.26. The summed E-state index contributed by atoms with van der Waals surface area (Å²) >= 11 is 6.13. The third-order valence-electron chi connectivity index (χ3n) is 4.15. The highest BCUT2D eigenvalue weighted by Crippen LogP contribution is 2.33. The van der Waals surface area contributed by atoms with Gasteiger partial charge in [-0.3, -0.25) is 0 Å². The highest BCUT2D eigenvalue weighted by atomic mass is 35.5. The van der Waals surface area contributed by atoms with Crippen molar-refractivity contribution >= 4 is 43.4 Å². The van der Waals surface area contributed by atoms with E-state index < -0.39 is 10.0 Å². The van der Waals surface area contributed by atoms with E-state index in [0.29, 0.717) is 16.1 Å². The van der Waals surface area contributed by atoms with Gasteiger partial charge in [-0.15, -0.1) is 0 Å². The van der Waals surface area contributed by atoms with Gasteiger partial charge in [0.15, 0.2) is 0 Å². The molecule has 24 heavy (non-hydrogen) atoms. The van der Waals surface area contributed by atoms with Crippen molar-refractivity contribution in [2.45, 2.75) is 11.8 Å². The minimum Gasteiger partial charge on any atom is -0.233 e. The van der Waals surface area contributed by atoms with Crippen LogP contribution in [0.4, 0.5) is 0 Å². The molecule has 0 N–H and O–H groups in total. The lowest BCUT2D eigenvalue weighted by Crippen LogP contribution is -2.12. The molecule has 0 amide bonds. The molecule has 1 aromatic heterocycles. The monoisotopic (exact) mass is 355 g/mol. The van der Waals surface area contributed by atoms with Gasteiger partial charge in [-0.1, -0.05) is 53.6 Å². The number of nitrogens with zero attached hydrogens (tertiary/aromatic N) is 1. The first-order valence-electron chi connectivity index (χ1n) is 7.49. The molecule has 120 valence electrons. The number of aryl methyl sites for hydroxylation is 1. The Morgan fingerprint density at radius 1 is 0.833 bits per heavy atom. The molecular formula is C19H14ClNO2S. The van der Waals surface area contributed by atoms with E-state index in [-0.39, 0.29) is 4.90 Å². The van der Waals surface area contributed by atoms with Gasteiger partial charge in [0.2, 0.25) is 0 Å².